The van der Waals surface area contributed by atoms with Gasteiger partial charge in [0, 0.05) is 0 Å². The second-order valence-corrected chi connectivity index (χ2v) is 5.10. The maximum atomic E-state index is 5.34. The van der Waals surface area contributed by atoms with Crippen LogP contribution in [0.4, 0.5) is 5.13 Å². The fourth-order valence-corrected chi connectivity index (χ4v) is 2.23. The molecule has 5 nitrogen and oxygen atoms in total. The van der Waals surface area contributed by atoms with Gasteiger partial charge in [-0.25, -0.2) is 0 Å². The van der Waals surface area contributed by atoms with E-state index in [1.165, 1.54) is 11.3 Å². The third-order valence-electron chi connectivity index (χ3n) is 1.74. The molecule has 0 spiro atoms. The van der Waals surface area contributed by atoms with Crippen molar-refractivity contribution in [3.8, 4) is 0 Å². The summed E-state index contributed by atoms with van der Waals surface area (Å²) in [6.07, 6.45) is 0. The van der Waals surface area contributed by atoms with E-state index in [9.17, 15) is 0 Å². The number of nitrogens with zero attached hydrogens (tertiary/aromatic N) is 2. The van der Waals surface area contributed by atoms with E-state index in [1.807, 2.05) is 0 Å². The Morgan fingerprint density at radius 2 is 2.00 bits per heavy atom. The van der Waals surface area contributed by atoms with E-state index < -0.39 is 0 Å². The van der Waals surface area contributed by atoms with Gasteiger partial charge in [-0.2, -0.15) is 0 Å². The Morgan fingerprint density at radius 1 is 1.29 bits per heavy atom. The predicted molar refractivity (Wildman–Crippen MR) is 56.7 cm³/mol. The Hall–Kier alpha value is -0.240. The van der Waals surface area contributed by atoms with Crippen LogP contribution in [-0.4, -0.2) is 42.7 Å². The third kappa shape index (κ3) is 2.88. The quantitative estimate of drug-likeness (QED) is 0.880. The number of nitrogens with one attached hydrogen (secondary N) is 1. The summed E-state index contributed by atoms with van der Waals surface area (Å²) in [5.41, 5.74) is 0. The van der Waals surface area contributed by atoms with Crippen molar-refractivity contribution in [1.29, 1.82) is 0 Å². The first-order valence-electron chi connectivity index (χ1n) is 4.25. The molecule has 0 aromatic carbocycles. The van der Waals surface area contributed by atoms with Gasteiger partial charge in [-0.05, 0) is 15.9 Å². The van der Waals surface area contributed by atoms with Gasteiger partial charge in [-0.15, -0.1) is 10.2 Å². The Morgan fingerprint density at radius 3 is 2.57 bits per heavy atom. The number of aromatic nitrogens is 2. The van der Waals surface area contributed by atoms with Crippen molar-refractivity contribution in [3.05, 3.63) is 3.92 Å². The predicted octanol–water partition coefficient (Wildman–Crippen LogP) is 1.13. The van der Waals surface area contributed by atoms with Crippen molar-refractivity contribution in [1.82, 2.24) is 10.2 Å². The van der Waals surface area contributed by atoms with Crippen molar-refractivity contribution < 1.29 is 9.47 Å². The summed E-state index contributed by atoms with van der Waals surface area (Å²) in [5, 5.41) is 11.8. The Bertz CT molecular complexity index is 288. The summed E-state index contributed by atoms with van der Waals surface area (Å²) in [4.78, 5) is 0. The molecule has 1 aliphatic rings. The number of hydrogen-bond acceptors (Lipinski definition) is 6. The third-order valence-corrected chi connectivity index (χ3v) is 3.03. The van der Waals surface area contributed by atoms with E-state index in [1.54, 1.807) is 0 Å². The van der Waals surface area contributed by atoms with E-state index in [4.69, 9.17) is 9.47 Å². The molecule has 78 valence electrons. The molecule has 1 saturated heterocycles. The van der Waals surface area contributed by atoms with Crippen LogP contribution in [0.5, 0.6) is 0 Å². The van der Waals surface area contributed by atoms with Crippen molar-refractivity contribution >= 4 is 32.4 Å². The average Bonchev–Trinajstić information content (AvgIpc) is 2.43. The van der Waals surface area contributed by atoms with Gasteiger partial charge in [-0.3, -0.25) is 0 Å². The molecule has 0 aliphatic carbocycles. The molecule has 0 bridgehead atoms. The van der Waals surface area contributed by atoms with Gasteiger partial charge in [0.25, 0.3) is 0 Å². The van der Waals surface area contributed by atoms with Crippen LogP contribution in [0, 0.1) is 0 Å². The number of ether oxygens (including phenoxy) is 2. The second kappa shape index (κ2) is 5.01. The van der Waals surface area contributed by atoms with Crippen molar-refractivity contribution in [2.24, 2.45) is 0 Å². The standard InChI is InChI=1S/C7H10BrN3O2S/c8-6-10-11-7(14-6)9-5-3-12-1-2-13-4-5/h5H,1-4H2,(H,9,11). The largest absolute Gasteiger partial charge is 0.377 e. The van der Waals surface area contributed by atoms with Crippen LogP contribution in [-0.2, 0) is 9.47 Å². The molecule has 1 N–H and O–H groups in total. The van der Waals surface area contributed by atoms with E-state index in [0.29, 0.717) is 26.4 Å². The van der Waals surface area contributed by atoms with Crippen LogP contribution in [0.15, 0.2) is 3.92 Å². The van der Waals surface area contributed by atoms with Crippen LogP contribution in [0.1, 0.15) is 0 Å². The SMILES string of the molecule is Brc1nnc(NC2COCCOC2)s1. The van der Waals surface area contributed by atoms with E-state index >= 15 is 0 Å². The maximum absolute atomic E-state index is 5.34. The zero-order valence-corrected chi connectivity index (χ0v) is 9.81. The van der Waals surface area contributed by atoms with E-state index in [0.717, 1.165) is 9.05 Å². The smallest absolute Gasteiger partial charge is 0.206 e. The number of rotatable bonds is 2. The van der Waals surface area contributed by atoms with E-state index in [2.05, 4.69) is 31.4 Å². The van der Waals surface area contributed by atoms with Gasteiger partial charge in [0.1, 0.15) is 0 Å². The normalized spacial score (nSPS) is 19.2. The Kier molecular flexibility index (Phi) is 3.68. The molecule has 7 heteroatoms. The highest BCUT2D eigenvalue weighted by Crippen LogP contribution is 2.20. The minimum atomic E-state index is 0.164. The van der Waals surface area contributed by atoms with Crippen molar-refractivity contribution in [2.75, 3.05) is 31.7 Å². The zero-order valence-electron chi connectivity index (χ0n) is 7.40. The fourth-order valence-electron chi connectivity index (χ4n) is 1.14. The molecule has 0 unspecified atom stereocenters. The van der Waals surface area contributed by atoms with Gasteiger partial charge >= 0.3 is 0 Å². The molecule has 2 rings (SSSR count). The lowest BCUT2D eigenvalue weighted by atomic mass is 10.3. The molecule has 0 saturated carbocycles. The summed E-state index contributed by atoms with van der Waals surface area (Å²) < 4.78 is 11.5. The lowest BCUT2D eigenvalue weighted by Crippen LogP contribution is -2.28. The summed E-state index contributed by atoms with van der Waals surface area (Å²) >= 11 is 4.72. The van der Waals surface area contributed by atoms with Crippen LogP contribution in [0.2, 0.25) is 0 Å². The topological polar surface area (TPSA) is 56.3 Å². The molecule has 0 amide bonds. The van der Waals surface area contributed by atoms with Crippen molar-refractivity contribution in [2.45, 2.75) is 6.04 Å². The second-order valence-electron chi connectivity index (χ2n) is 2.85. The highest BCUT2D eigenvalue weighted by molar-refractivity contribution is 9.11. The first kappa shape index (κ1) is 10.3. The number of anilines is 1. The monoisotopic (exact) mass is 279 g/mol. The fraction of sp³-hybridized carbons (Fsp3) is 0.714. The van der Waals surface area contributed by atoms with Crippen LogP contribution < -0.4 is 5.32 Å². The molecular formula is C7H10BrN3O2S. The maximum Gasteiger partial charge on any atom is 0.206 e. The average molecular weight is 280 g/mol. The molecule has 2 heterocycles. The summed E-state index contributed by atoms with van der Waals surface area (Å²) in [5.74, 6) is 0. The minimum absolute atomic E-state index is 0.164. The van der Waals surface area contributed by atoms with Gasteiger partial charge in [0.2, 0.25) is 5.13 Å². The van der Waals surface area contributed by atoms with Crippen LogP contribution in [0.25, 0.3) is 0 Å². The summed E-state index contributed by atoms with van der Waals surface area (Å²) in [6.45, 7) is 2.63. The molecule has 1 aromatic heterocycles. The van der Waals surface area contributed by atoms with Crippen molar-refractivity contribution in [3.63, 3.8) is 0 Å². The molecule has 0 radical (unpaired) electrons. The number of hydrogen-bond donors (Lipinski definition) is 1. The molecule has 1 fully saturated rings. The molecule has 1 aliphatic heterocycles. The molecular weight excluding hydrogens is 270 g/mol. The van der Waals surface area contributed by atoms with Gasteiger partial charge in [-0.1, -0.05) is 11.3 Å². The highest BCUT2D eigenvalue weighted by Gasteiger charge is 2.14. The molecule has 0 atom stereocenters. The summed E-state index contributed by atoms with van der Waals surface area (Å²) in [7, 11) is 0. The highest BCUT2D eigenvalue weighted by atomic mass is 79.9. The van der Waals surface area contributed by atoms with Gasteiger partial charge in [0.15, 0.2) is 3.92 Å². The van der Waals surface area contributed by atoms with Crippen LogP contribution in [0.3, 0.4) is 0 Å². The van der Waals surface area contributed by atoms with Gasteiger partial charge < -0.3 is 14.8 Å². The first-order chi connectivity index (χ1) is 6.84. The first-order valence-corrected chi connectivity index (χ1v) is 5.86. The lowest BCUT2D eigenvalue weighted by molar-refractivity contribution is 0.103. The summed E-state index contributed by atoms with van der Waals surface area (Å²) in [6, 6.07) is 0.164. The zero-order chi connectivity index (χ0) is 9.80. The minimum Gasteiger partial charge on any atom is -0.377 e. The Labute approximate surface area is 93.9 Å². The lowest BCUT2D eigenvalue weighted by Gasteiger charge is -2.13. The Balaban J connectivity index is 1.89. The van der Waals surface area contributed by atoms with Crippen LogP contribution >= 0.6 is 27.3 Å². The number of halogens is 1. The van der Waals surface area contributed by atoms with Gasteiger partial charge in [0.05, 0.1) is 32.5 Å². The van der Waals surface area contributed by atoms with E-state index in [-0.39, 0.29) is 6.04 Å². The molecule has 1 aromatic rings. The molecule has 14 heavy (non-hydrogen) atoms.